The Bertz CT molecular complexity index is 735. The van der Waals surface area contributed by atoms with Crippen LogP contribution in [0.1, 0.15) is 17.3 Å². The van der Waals surface area contributed by atoms with Crippen LogP contribution in [0.3, 0.4) is 0 Å². The molecule has 2 aromatic rings. The molecule has 24 heavy (non-hydrogen) atoms. The number of carbonyl (C=O) groups excluding carboxylic acids is 2. The monoisotopic (exact) mass is 393 g/mol. The van der Waals surface area contributed by atoms with Crippen molar-refractivity contribution in [3.8, 4) is 11.5 Å². The molecule has 4 N–H and O–H groups in total. The minimum Gasteiger partial charge on any atom is -0.507 e. The topological polar surface area (TPSA) is 99.7 Å². The van der Waals surface area contributed by atoms with Crippen LogP contribution in [0.4, 0.5) is 10.5 Å². The van der Waals surface area contributed by atoms with Gasteiger partial charge in [-0.3, -0.25) is 10.2 Å². The lowest BCUT2D eigenvalue weighted by Crippen LogP contribution is -2.43. The molecule has 2 aromatic carbocycles. The van der Waals surface area contributed by atoms with Crippen LogP contribution < -0.4 is 20.9 Å². The molecule has 0 aliphatic rings. The number of amides is 3. The summed E-state index contributed by atoms with van der Waals surface area (Å²) in [5.41, 5.74) is 4.99. The molecule has 0 bridgehead atoms. The van der Waals surface area contributed by atoms with Crippen molar-refractivity contribution >= 4 is 33.6 Å². The number of rotatable bonds is 4. The number of halogens is 1. The fraction of sp³-hybridized carbons (Fsp3) is 0.125. The molecule has 0 aliphatic carbocycles. The van der Waals surface area contributed by atoms with Gasteiger partial charge in [-0.05, 0) is 49.4 Å². The van der Waals surface area contributed by atoms with Gasteiger partial charge in [0.25, 0.3) is 5.91 Å². The minimum atomic E-state index is -0.643. The highest BCUT2D eigenvalue weighted by Crippen LogP contribution is 2.21. The molecule has 0 saturated heterocycles. The van der Waals surface area contributed by atoms with Crippen LogP contribution in [0.2, 0.25) is 0 Å². The maximum absolute atomic E-state index is 11.9. The van der Waals surface area contributed by atoms with E-state index in [-0.39, 0.29) is 11.3 Å². The van der Waals surface area contributed by atoms with Crippen LogP contribution in [-0.4, -0.2) is 23.7 Å². The number of phenols is 1. The van der Waals surface area contributed by atoms with E-state index in [4.69, 9.17) is 4.74 Å². The molecule has 0 spiro atoms. The van der Waals surface area contributed by atoms with Crippen LogP contribution in [0.5, 0.6) is 11.5 Å². The molecule has 2 rings (SSSR count). The fourth-order valence-corrected chi connectivity index (χ4v) is 2.20. The molecule has 7 nitrogen and oxygen atoms in total. The Balaban J connectivity index is 1.88. The van der Waals surface area contributed by atoms with Crippen molar-refractivity contribution in [1.82, 2.24) is 10.9 Å². The van der Waals surface area contributed by atoms with Crippen LogP contribution in [0.25, 0.3) is 0 Å². The average molecular weight is 394 g/mol. The first-order valence-corrected chi connectivity index (χ1v) is 7.87. The Morgan fingerprint density at radius 3 is 2.50 bits per heavy atom. The van der Waals surface area contributed by atoms with Gasteiger partial charge in [-0.15, -0.1) is 0 Å². The molecule has 0 aliphatic heterocycles. The number of benzene rings is 2. The Morgan fingerprint density at radius 1 is 1.12 bits per heavy atom. The molecule has 0 atom stereocenters. The van der Waals surface area contributed by atoms with Crippen molar-refractivity contribution in [3.63, 3.8) is 0 Å². The SMILES string of the molecule is CCOc1ccc(NC(=O)NNC(=O)c2cc(Br)ccc2O)cc1. The number of anilines is 1. The van der Waals surface area contributed by atoms with Gasteiger partial charge in [-0.25, -0.2) is 10.2 Å². The Morgan fingerprint density at radius 2 is 1.83 bits per heavy atom. The van der Waals surface area contributed by atoms with E-state index in [0.717, 1.165) is 0 Å². The van der Waals surface area contributed by atoms with Crippen molar-refractivity contribution in [3.05, 3.63) is 52.5 Å². The first kappa shape index (κ1) is 17.6. The number of ether oxygens (including phenoxy) is 1. The molecule has 0 aromatic heterocycles. The van der Waals surface area contributed by atoms with E-state index < -0.39 is 11.9 Å². The van der Waals surface area contributed by atoms with Crippen molar-refractivity contribution in [2.45, 2.75) is 6.92 Å². The van der Waals surface area contributed by atoms with E-state index in [1.807, 2.05) is 6.92 Å². The average Bonchev–Trinajstić information content (AvgIpc) is 2.57. The van der Waals surface area contributed by atoms with Gasteiger partial charge in [0.05, 0.1) is 12.2 Å². The minimum absolute atomic E-state index is 0.0331. The van der Waals surface area contributed by atoms with E-state index in [9.17, 15) is 14.7 Å². The number of hydrazine groups is 1. The molecule has 126 valence electrons. The van der Waals surface area contributed by atoms with Gasteiger partial charge in [0.15, 0.2) is 0 Å². The summed E-state index contributed by atoms with van der Waals surface area (Å²) in [6, 6.07) is 10.6. The molecule has 8 heteroatoms. The molecule has 0 heterocycles. The second kappa shape index (κ2) is 8.21. The molecule has 0 fully saturated rings. The summed E-state index contributed by atoms with van der Waals surface area (Å²) in [5, 5.41) is 12.2. The van der Waals surface area contributed by atoms with Gasteiger partial charge < -0.3 is 15.2 Å². The normalized spacial score (nSPS) is 9.92. The van der Waals surface area contributed by atoms with Gasteiger partial charge in [-0.2, -0.15) is 0 Å². The largest absolute Gasteiger partial charge is 0.507 e. The molecular formula is C16H16BrN3O4. The van der Waals surface area contributed by atoms with Crippen molar-refractivity contribution in [1.29, 1.82) is 0 Å². The lowest BCUT2D eigenvalue weighted by atomic mass is 10.2. The van der Waals surface area contributed by atoms with Crippen molar-refractivity contribution < 1.29 is 19.4 Å². The zero-order chi connectivity index (χ0) is 17.5. The third-order valence-corrected chi connectivity index (χ3v) is 3.41. The van der Waals surface area contributed by atoms with Gasteiger partial charge in [0.1, 0.15) is 11.5 Å². The Hall–Kier alpha value is -2.74. The summed E-state index contributed by atoms with van der Waals surface area (Å²) < 4.78 is 5.93. The van der Waals surface area contributed by atoms with Crippen LogP contribution >= 0.6 is 15.9 Å². The predicted octanol–water partition coefficient (Wildman–Crippen LogP) is 3.02. The number of phenolic OH excluding ortho intramolecular Hbond substituents is 1. The third-order valence-electron chi connectivity index (χ3n) is 2.92. The number of carbonyl (C=O) groups is 2. The van der Waals surface area contributed by atoms with Gasteiger partial charge >= 0.3 is 6.03 Å². The van der Waals surface area contributed by atoms with Gasteiger partial charge in [0.2, 0.25) is 0 Å². The van der Waals surface area contributed by atoms with Gasteiger partial charge in [-0.1, -0.05) is 15.9 Å². The number of urea groups is 1. The summed E-state index contributed by atoms with van der Waals surface area (Å²) in [4.78, 5) is 23.7. The van der Waals surface area contributed by atoms with E-state index >= 15 is 0 Å². The van der Waals surface area contributed by atoms with Gasteiger partial charge in [0, 0.05) is 10.2 Å². The zero-order valence-electron chi connectivity index (χ0n) is 12.8. The molecular weight excluding hydrogens is 378 g/mol. The van der Waals surface area contributed by atoms with E-state index in [1.165, 1.54) is 12.1 Å². The number of hydrogen-bond acceptors (Lipinski definition) is 4. The first-order valence-electron chi connectivity index (χ1n) is 7.08. The quantitative estimate of drug-likeness (QED) is 0.599. The molecule has 0 unspecified atom stereocenters. The van der Waals surface area contributed by atoms with Crippen molar-refractivity contribution in [2.24, 2.45) is 0 Å². The van der Waals surface area contributed by atoms with E-state index in [2.05, 4.69) is 32.1 Å². The smallest absolute Gasteiger partial charge is 0.337 e. The molecule has 3 amide bonds. The third kappa shape index (κ3) is 4.88. The first-order chi connectivity index (χ1) is 11.5. The van der Waals surface area contributed by atoms with E-state index in [0.29, 0.717) is 22.5 Å². The maximum atomic E-state index is 11.9. The van der Waals surface area contributed by atoms with Crippen LogP contribution in [0.15, 0.2) is 46.9 Å². The standard InChI is InChI=1S/C16H16BrN3O4/c1-2-24-12-6-4-11(5-7-12)18-16(23)20-19-15(22)13-9-10(17)3-8-14(13)21/h3-9,21H,2H2,1H3,(H,19,22)(H2,18,20,23). The molecule has 0 radical (unpaired) electrons. The fourth-order valence-electron chi connectivity index (χ4n) is 1.83. The Kier molecular flexibility index (Phi) is 6.02. The summed E-state index contributed by atoms with van der Waals surface area (Å²) in [6.45, 7) is 2.44. The molecule has 0 saturated carbocycles. The van der Waals surface area contributed by atoms with Crippen LogP contribution in [0, 0.1) is 0 Å². The number of hydrogen-bond donors (Lipinski definition) is 4. The van der Waals surface area contributed by atoms with Crippen LogP contribution in [-0.2, 0) is 0 Å². The highest BCUT2D eigenvalue weighted by Gasteiger charge is 2.12. The lowest BCUT2D eigenvalue weighted by molar-refractivity contribution is 0.0935. The van der Waals surface area contributed by atoms with E-state index in [1.54, 1.807) is 30.3 Å². The summed E-state index contributed by atoms with van der Waals surface area (Å²) in [7, 11) is 0. The second-order valence-electron chi connectivity index (χ2n) is 4.65. The lowest BCUT2D eigenvalue weighted by Gasteiger charge is -2.10. The summed E-state index contributed by atoms with van der Waals surface area (Å²) in [6.07, 6.45) is 0. The number of aromatic hydroxyl groups is 1. The zero-order valence-corrected chi connectivity index (χ0v) is 14.4. The summed E-state index contributed by atoms with van der Waals surface area (Å²) in [5.74, 6) is -0.137. The second-order valence-corrected chi connectivity index (χ2v) is 5.57. The maximum Gasteiger partial charge on any atom is 0.337 e. The Labute approximate surface area is 147 Å². The summed E-state index contributed by atoms with van der Waals surface area (Å²) >= 11 is 3.20. The highest BCUT2D eigenvalue weighted by molar-refractivity contribution is 9.10. The predicted molar refractivity (Wildman–Crippen MR) is 93.0 cm³/mol. The highest BCUT2D eigenvalue weighted by atomic mass is 79.9. The number of nitrogens with one attached hydrogen (secondary N) is 3. The van der Waals surface area contributed by atoms with Crippen molar-refractivity contribution in [2.75, 3.05) is 11.9 Å².